The van der Waals surface area contributed by atoms with Gasteiger partial charge in [0.2, 0.25) is 0 Å². The van der Waals surface area contributed by atoms with Crippen molar-refractivity contribution in [2.24, 2.45) is 0 Å². The minimum Gasteiger partial charge on any atom is -0.480 e. The highest BCUT2D eigenvalue weighted by Gasteiger charge is 2.28. The lowest BCUT2D eigenvalue weighted by Crippen LogP contribution is -2.41. The molecule has 0 bridgehead atoms. The second-order valence-corrected chi connectivity index (χ2v) is 5.45. The quantitative estimate of drug-likeness (QED) is 0.696. The molecule has 2 N–H and O–H groups in total. The van der Waals surface area contributed by atoms with Crippen LogP contribution in [-0.4, -0.2) is 53.3 Å². The standard InChI is InChI=1S/C12H22N2O4/c1-12(2,3)18-10(15)5-4-9(11(16)17)14-7-6-13-8-14/h9,13H,4-8H2,1-3H3,(H,16,17). The van der Waals surface area contributed by atoms with Crippen LogP contribution in [0.4, 0.5) is 0 Å². The van der Waals surface area contributed by atoms with Crippen LogP contribution in [-0.2, 0) is 14.3 Å². The van der Waals surface area contributed by atoms with Crippen LogP contribution in [0.2, 0.25) is 0 Å². The first-order chi connectivity index (χ1) is 8.29. The Bertz CT molecular complexity index is 306. The summed E-state index contributed by atoms with van der Waals surface area (Å²) >= 11 is 0. The Morgan fingerprint density at radius 3 is 2.56 bits per heavy atom. The van der Waals surface area contributed by atoms with E-state index in [1.807, 2.05) is 4.90 Å². The van der Waals surface area contributed by atoms with Crippen LogP contribution in [0.1, 0.15) is 33.6 Å². The van der Waals surface area contributed by atoms with Gasteiger partial charge in [-0.3, -0.25) is 14.5 Å². The Balaban J connectivity index is 2.42. The molecule has 1 heterocycles. The third kappa shape index (κ3) is 5.01. The lowest BCUT2D eigenvalue weighted by Gasteiger charge is -2.24. The van der Waals surface area contributed by atoms with Crippen molar-refractivity contribution < 1.29 is 19.4 Å². The Morgan fingerprint density at radius 2 is 2.11 bits per heavy atom. The molecule has 1 unspecified atom stereocenters. The minimum absolute atomic E-state index is 0.130. The minimum atomic E-state index is -0.887. The highest BCUT2D eigenvalue weighted by Crippen LogP contribution is 2.13. The van der Waals surface area contributed by atoms with Crippen LogP contribution in [0.25, 0.3) is 0 Å². The summed E-state index contributed by atoms with van der Waals surface area (Å²) in [6, 6.07) is -0.618. The number of carbonyl (C=O) groups excluding carboxylic acids is 1. The van der Waals surface area contributed by atoms with Crippen molar-refractivity contribution >= 4 is 11.9 Å². The van der Waals surface area contributed by atoms with Crippen molar-refractivity contribution in [1.82, 2.24) is 10.2 Å². The summed E-state index contributed by atoms with van der Waals surface area (Å²) in [5, 5.41) is 12.2. The normalized spacial score (nSPS) is 18.6. The number of carbonyl (C=O) groups is 2. The fourth-order valence-electron chi connectivity index (χ4n) is 1.90. The molecule has 104 valence electrons. The molecule has 0 aliphatic carbocycles. The van der Waals surface area contributed by atoms with E-state index in [1.165, 1.54) is 0 Å². The summed E-state index contributed by atoms with van der Waals surface area (Å²) in [5.41, 5.74) is -0.523. The molecule has 0 amide bonds. The molecule has 0 radical (unpaired) electrons. The van der Waals surface area contributed by atoms with Gasteiger partial charge >= 0.3 is 11.9 Å². The van der Waals surface area contributed by atoms with Gasteiger partial charge in [-0.25, -0.2) is 0 Å². The van der Waals surface area contributed by atoms with Gasteiger partial charge in [-0.1, -0.05) is 0 Å². The maximum Gasteiger partial charge on any atom is 0.320 e. The second kappa shape index (κ2) is 6.15. The van der Waals surface area contributed by atoms with Gasteiger partial charge in [0.05, 0.1) is 0 Å². The predicted octanol–water partition coefficient (Wildman–Crippen LogP) is 0.424. The average molecular weight is 258 g/mol. The molecule has 1 fully saturated rings. The van der Waals surface area contributed by atoms with Crippen molar-refractivity contribution in [2.75, 3.05) is 19.8 Å². The molecular formula is C12H22N2O4. The molecule has 1 rings (SSSR count). The smallest absolute Gasteiger partial charge is 0.320 e. The predicted molar refractivity (Wildman–Crippen MR) is 66.1 cm³/mol. The molecule has 0 spiro atoms. The molecule has 1 atom stereocenters. The zero-order valence-corrected chi connectivity index (χ0v) is 11.2. The molecule has 0 aromatic heterocycles. The summed E-state index contributed by atoms with van der Waals surface area (Å²) in [4.78, 5) is 24.5. The van der Waals surface area contributed by atoms with Crippen molar-refractivity contribution in [1.29, 1.82) is 0 Å². The number of nitrogens with one attached hydrogen (secondary N) is 1. The van der Waals surface area contributed by atoms with Crippen LogP contribution in [0.15, 0.2) is 0 Å². The first-order valence-electron chi connectivity index (χ1n) is 6.19. The van der Waals surface area contributed by atoms with Gasteiger partial charge in [0.25, 0.3) is 0 Å². The second-order valence-electron chi connectivity index (χ2n) is 5.45. The van der Waals surface area contributed by atoms with E-state index >= 15 is 0 Å². The molecular weight excluding hydrogens is 236 g/mol. The number of hydrogen-bond donors (Lipinski definition) is 2. The highest BCUT2D eigenvalue weighted by atomic mass is 16.6. The van der Waals surface area contributed by atoms with Gasteiger partial charge in [-0.05, 0) is 27.2 Å². The van der Waals surface area contributed by atoms with Crippen LogP contribution in [0.5, 0.6) is 0 Å². The summed E-state index contributed by atoms with van der Waals surface area (Å²) in [6.07, 6.45) is 0.413. The zero-order chi connectivity index (χ0) is 13.8. The molecule has 0 saturated carbocycles. The Labute approximate surface area is 107 Å². The van der Waals surface area contributed by atoms with Crippen molar-refractivity contribution in [3.63, 3.8) is 0 Å². The molecule has 1 aliphatic heterocycles. The molecule has 6 heteroatoms. The number of rotatable bonds is 5. The Morgan fingerprint density at radius 1 is 1.44 bits per heavy atom. The number of nitrogens with zero attached hydrogens (tertiary/aromatic N) is 1. The van der Waals surface area contributed by atoms with E-state index in [9.17, 15) is 9.59 Å². The Hall–Kier alpha value is -1.14. The lowest BCUT2D eigenvalue weighted by molar-refractivity contribution is -0.155. The number of hydrogen-bond acceptors (Lipinski definition) is 5. The number of carboxylic acids is 1. The van der Waals surface area contributed by atoms with E-state index in [-0.39, 0.29) is 18.8 Å². The summed E-state index contributed by atoms with van der Waals surface area (Å²) in [5.74, 6) is -1.23. The molecule has 0 aromatic carbocycles. The molecule has 0 aromatic rings. The highest BCUT2D eigenvalue weighted by molar-refractivity contribution is 5.75. The van der Waals surface area contributed by atoms with Crippen LogP contribution < -0.4 is 5.32 Å². The fraction of sp³-hybridized carbons (Fsp3) is 0.833. The SMILES string of the molecule is CC(C)(C)OC(=O)CCC(C(=O)O)N1CCNC1. The van der Waals surface area contributed by atoms with Crippen LogP contribution >= 0.6 is 0 Å². The third-order valence-corrected chi connectivity index (χ3v) is 2.66. The molecule has 18 heavy (non-hydrogen) atoms. The summed E-state index contributed by atoms with van der Waals surface area (Å²) in [7, 11) is 0. The topological polar surface area (TPSA) is 78.9 Å². The maximum absolute atomic E-state index is 11.6. The van der Waals surface area contributed by atoms with Gasteiger partial charge in [0.15, 0.2) is 0 Å². The van der Waals surface area contributed by atoms with Gasteiger partial charge in [0, 0.05) is 26.2 Å². The fourth-order valence-corrected chi connectivity index (χ4v) is 1.90. The van der Waals surface area contributed by atoms with E-state index in [0.717, 1.165) is 6.54 Å². The van der Waals surface area contributed by atoms with Crippen molar-refractivity contribution in [3.05, 3.63) is 0 Å². The van der Waals surface area contributed by atoms with E-state index in [4.69, 9.17) is 9.84 Å². The van der Waals surface area contributed by atoms with Gasteiger partial charge < -0.3 is 15.2 Å². The number of carboxylic acid groups (broad SMARTS) is 1. The Kier molecular flexibility index (Phi) is 5.10. The molecule has 1 aliphatic rings. The maximum atomic E-state index is 11.6. The first kappa shape index (κ1) is 14.9. The average Bonchev–Trinajstić information content (AvgIpc) is 2.67. The largest absolute Gasteiger partial charge is 0.480 e. The van der Waals surface area contributed by atoms with Crippen molar-refractivity contribution in [3.8, 4) is 0 Å². The van der Waals surface area contributed by atoms with Gasteiger partial charge in [-0.15, -0.1) is 0 Å². The van der Waals surface area contributed by atoms with Gasteiger partial charge in [0.1, 0.15) is 11.6 Å². The zero-order valence-electron chi connectivity index (χ0n) is 11.2. The van der Waals surface area contributed by atoms with Gasteiger partial charge in [-0.2, -0.15) is 0 Å². The van der Waals surface area contributed by atoms with Crippen molar-refractivity contribution in [2.45, 2.75) is 45.3 Å². The molecule has 1 saturated heterocycles. The number of aliphatic carboxylic acids is 1. The molecule has 6 nitrogen and oxygen atoms in total. The van der Waals surface area contributed by atoms with E-state index in [2.05, 4.69) is 5.32 Å². The summed E-state index contributed by atoms with van der Waals surface area (Å²) in [6.45, 7) is 7.44. The van der Waals surface area contributed by atoms with E-state index < -0.39 is 17.6 Å². The third-order valence-electron chi connectivity index (χ3n) is 2.66. The lowest BCUT2D eigenvalue weighted by atomic mass is 10.1. The first-order valence-corrected chi connectivity index (χ1v) is 6.19. The van der Waals surface area contributed by atoms with E-state index in [0.29, 0.717) is 13.2 Å². The number of esters is 1. The van der Waals surface area contributed by atoms with Crippen LogP contribution in [0.3, 0.4) is 0 Å². The van der Waals surface area contributed by atoms with E-state index in [1.54, 1.807) is 20.8 Å². The number of ether oxygens (including phenoxy) is 1. The monoisotopic (exact) mass is 258 g/mol. The summed E-state index contributed by atoms with van der Waals surface area (Å²) < 4.78 is 5.16. The van der Waals surface area contributed by atoms with Crippen LogP contribution in [0, 0.1) is 0 Å².